The maximum Gasteiger partial charge on any atom is 0.254 e. The largest absolute Gasteiger partial charge is 0.496 e. The van der Waals surface area contributed by atoms with Gasteiger partial charge in [-0.2, -0.15) is 0 Å². The van der Waals surface area contributed by atoms with E-state index in [2.05, 4.69) is 0 Å². The molecule has 4 heteroatoms. The predicted molar refractivity (Wildman–Crippen MR) is 89.6 cm³/mol. The van der Waals surface area contributed by atoms with Crippen LogP contribution in [0, 0.1) is 0 Å². The molecule has 1 saturated heterocycles. The minimum absolute atomic E-state index is 0.0213. The van der Waals surface area contributed by atoms with Gasteiger partial charge in [0.25, 0.3) is 5.91 Å². The molecule has 0 saturated carbocycles. The van der Waals surface area contributed by atoms with Gasteiger partial charge in [-0.1, -0.05) is 30.3 Å². The molecule has 1 atom stereocenters. The third kappa shape index (κ3) is 3.08. The van der Waals surface area contributed by atoms with Crippen molar-refractivity contribution in [1.29, 1.82) is 0 Å². The lowest BCUT2D eigenvalue weighted by Gasteiger charge is -2.23. The van der Waals surface area contributed by atoms with Crippen LogP contribution in [-0.4, -0.2) is 42.2 Å². The van der Waals surface area contributed by atoms with Gasteiger partial charge in [-0.15, -0.1) is 0 Å². The molecule has 0 aliphatic carbocycles. The van der Waals surface area contributed by atoms with Crippen molar-refractivity contribution in [3.8, 4) is 16.9 Å². The Morgan fingerprint density at radius 2 is 2.04 bits per heavy atom. The summed E-state index contributed by atoms with van der Waals surface area (Å²) in [5, 5.41) is 9.43. The molecular formula is C19H21NO3. The first kappa shape index (κ1) is 15.6. The van der Waals surface area contributed by atoms with Crippen LogP contribution in [-0.2, 0) is 0 Å². The van der Waals surface area contributed by atoms with E-state index in [4.69, 9.17) is 4.74 Å². The predicted octanol–water partition coefficient (Wildman–Crippen LogP) is 2.96. The van der Waals surface area contributed by atoms with E-state index in [1.807, 2.05) is 42.5 Å². The fourth-order valence-corrected chi connectivity index (χ4v) is 3.14. The van der Waals surface area contributed by atoms with Crippen LogP contribution in [0.5, 0.6) is 5.75 Å². The van der Waals surface area contributed by atoms with Crippen molar-refractivity contribution in [2.75, 3.05) is 20.3 Å². The Balaban J connectivity index is 1.96. The zero-order valence-corrected chi connectivity index (χ0v) is 13.2. The monoisotopic (exact) mass is 311 g/mol. The van der Waals surface area contributed by atoms with E-state index >= 15 is 0 Å². The Morgan fingerprint density at radius 3 is 2.74 bits per heavy atom. The van der Waals surface area contributed by atoms with Crippen molar-refractivity contribution in [2.45, 2.75) is 18.9 Å². The summed E-state index contributed by atoms with van der Waals surface area (Å²) in [6.07, 6.45) is 1.81. The van der Waals surface area contributed by atoms with Crippen molar-refractivity contribution in [3.05, 3.63) is 54.1 Å². The van der Waals surface area contributed by atoms with Gasteiger partial charge >= 0.3 is 0 Å². The average Bonchev–Trinajstić information content (AvgIpc) is 3.10. The van der Waals surface area contributed by atoms with Gasteiger partial charge in [0.2, 0.25) is 0 Å². The first-order valence-electron chi connectivity index (χ1n) is 7.90. The van der Waals surface area contributed by atoms with Crippen molar-refractivity contribution in [2.24, 2.45) is 0 Å². The van der Waals surface area contributed by atoms with Crippen LogP contribution in [0.3, 0.4) is 0 Å². The summed E-state index contributed by atoms with van der Waals surface area (Å²) in [7, 11) is 1.63. The van der Waals surface area contributed by atoms with Crippen molar-refractivity contribution >= 4 is 5.91 Å². The Labute approximate surface area is 136 Å². The summed E-state index contributed by atoms with van der Waals surface area (Å²) in [5.41, 5.74) is 2.54. The second kappa shape index (κ2) is 6.84. The standard InChI is InChI=1S/C19H21NO3/c1-23-18-10-9-15(12-17(18)14-6-3-2-4-7-14)19(22)20-11-5-8-16(20)13-21/h2-4,6-7,9-10,12,16,21H,5,8,11,13H2,1H3/t16-/m1/s1. The molecular weight excluding hydrogens is 290 g/mol. The number of benzene rings is 2. The van der Waals surface area contributed by atoms with Crippen LogP contribution in [0.2, 0.25) is 0 Å². The molecule has 0 bridgehead atoms. The quantitative estimate of drug-likeness (QED) is 0.944. The van der Waals surface area contributed by atoms with Gasteiger partial charge in [0.05, 0.1) is 19.8 Å². The molecule has 1 heterocycles. The summed E-state index contributed by atoms with van der Waals surface area (Å²) in [4.78, 5) is 14.5. The molecule has 1 N–H and O–H groups in total. The van der Waals surface area contributed by atoms with Gasteiger partial charge in [0.1, 0.15) is 5.75 Å². The third-order valence-electron chi connectivity index (χ3n) is 4.38. The molecule has 120 valence electrons. The molecule has 1 fully saturated rings. The first-order valence-corrected chi connectivity index (χ1v) is 7.90. The second-order valence-corrected chi connectivity index (χ2v) is 5.76. The summed E-state index contributed by atoms with van der Waals surface area (Å²) in [6.45, 7) is 0.726. The highest BCUT2D eigenvalue weighted by Gasteiger charge is 2.29. The average molecular weight is 311 g/mol. The van der Waals surface area contributed by atoms with Gasteiger partial charge in [-0.25, -0.2) is 0 Å². The molecule has 0 unspecified atom stereocenters. The molecule has 2 aromatic rings. The molecule has 1 amide bonds. The number of methoxy groups -OCH3 is 1. The number of carbonyl (C=O) groups excluding carboxylic acids is 1. The minimum atomic E-state index is -0.0650. The Kier molecular flexibility index (Phi) is 4.63. The van der Waals surface area contributed by atoms with Crippen LogP contribution in [0.15, 0.2) is 48.5 Å². The lowest BCUT2D eigenvalue weighted by atomic mass is 10.0. The lowest BCUT2D eigenvalue weighted by molar-refractivity contribution is 0.0677. The normalized spacial score (nSPS) is 17.3. The molecule has 3 rings (SSSR count). The third-order valence-corrected chi connectivity index (χ3v) is 4.38. The van der Waals surface area contributed by atoms with E-state index in [-0.39, 0.29) is 18.6 Å². The Morgan fingerprint density at radius 1 is 1.26 bits per heavy atom. The molecule has 23 heavy (non-hydrogen) atoms. The zero-order chi connectivity index (χ0) is 16.2. The van der Waals surface area contributed by atoms with Crippen molar-refractivity contribution in [3.63, 3.8) is 0 Å². The lowest BCUT2D eigenvalue weighted by Crippen LogP contribution is -2.37. The minimum Gasteiger partial charge on any atom is -0.496 e. The molecule has 1 aliphatic heterocycles. The molecule has 1 aliphatic rings. The summed E-state index contributed by atoms with van der Waals surface area (Å²) in [5.74, 6) is 0.717. The van der Waals surface area contributed by atoms with Crippen LogP contribution in [0.1, 0.15) is 23.2 Å². The number of hydrogen-bond donors (Lipinski definition) is 1. The topological polar surface area (TPSA) is 49.8 Å². The summed E-state index contributed by atoms with van der Waals surface area (Å²) in [6, 6.07) is 15.3. The Bertz CT molecular complexity index is 684. The molecule has 0 aromatic heterocycles. The van der Waals surface area contributed by atoms with Crippen molar-refractivity contribution < 1.29 is 14.6 Å². The highest BCUT2D eigenvalue weighted by atomic mass is 16.5. The zero-order valence-electron chi connectivity index (χ0n) is 13.2. The van der Waals surface area contributed by atoms with Gasteiger partial charge < -0.3 is 14.7 Å². The van der Waals surface area contributed by atoms with Gasteiger partial charge in [0.15, 0.2) is 0 Å². The summed E-state index contributed by atoms with van der Waals surface area (Å²) < 4.78 is 5.44. The number of carbonyl (C=O) groups is 1. The fourth-order valence-electron chi connectivity index (χ4n) is 3.14. The number of aliphatic hydroxyl groups is 1. The van der Waals surface area contributed by atoms with E-state index < -0.39 is 0 Å². The number of likely N-dealkylation sites (tertiary alicyclic amines) is 1. The second-order valence-electron chi connectivity index (χ2n) is 5.76. The molecule has 2 aromatic carbocycles. The Hall–Kier alpha value is -2.33. The van der Waals surface area contributed by atoms with Crippen LogP contribution >= 0.6 is 0 Å². The van der Waals surface area contributed by atoms with E-state index in [1.54, 1.807) is 18.1 Å². The number of rotatable bonds is 4. The maximum atomic E-state index is 12.8. The summed E-state index contributed by atoms with van der Waals surface area (Å²) >= 11 is 0. The SMILES string of the molecule is COc1ccc(C(=O)N2CCC[C@@H]2CO)cc1-c1ccccc1. The van der Waals surface area contributed by atoms with Gasteiger partial charge in [-0.05, 0) is 36.6 Å². The van der Waals surface area contributed by atoms with Crippen LogP contribution < -0.4 is 4.74 Å². The van der Waals surface area contributed by atoms with Gasteiger partial charge in [0, 0.05) is 17.7 Å². The maximum absolute atomic E-state index is 12.8. The number of amides is 1. The highest BCUT2D eigenvalue weighted by molar-refractivity contribution is 5.96. The smallest absolute Gasteiger partial charge is 0.254 e. The van der Waals surface area contributed by atoms with E-state index in [0.29, 0.717) is 12.1 Å². The number of nitrogens with zero attached hydrogens (tertiary/aromatic N) is 1. The fraction of sp³-hybridized carbons (Fsp3) is 0.316. The number of ether oxygens (including phenoxy) is 1. The number of hydrogen-bond acceptors (Lipinski definition) is 3. The van der Waals surface area contributed by atoms with Crippen LogP contribution in [0.4, 0.5) is 0 Å². The molecule has 0 spiro atoms. The van der Waals surface area contributed by atoms with Crippen molar-refractivity contribution in [1.82, 2.24) is 4.90 Å². The van der Waals surface area contributed by atoms with E-state index in [0.717, 1.165) is 29.7 Å². The molecule has 0 radical (unpaired) electrons. The number of aliphatic hydroxyl groups excluding tert-OH is 1. The highest BCUT2D eigenvalue weighted by Crippen LogP contribution is 2.31. The van der Waals surface area contributed by atoms with E-state index in [9.17, 15) is 9.90 Å². The van der Waals surface area contributed by atoms with Crippen LogP contribution in [0.25, 0.3) is 11.1 Å². The van der Waals surface area contributed by atoms with Gasteiger partial charge in [-0.3, -0.25) is 4.79 Å². The molecule has 4 nitrogen and oxygen atoms in total. The first-order chi connectivity index (χ1) is 11.2. The van der Waals surface area contributed by atoms with E-state index in [1.165, 1.54) is 0 Å².